The molecule has 4 aromatic rings. The summed E-state index contributed by atoms with van der Waals surface area (Å²) in [5.41, 5.74) is 4.80. The van der Waals surface area contributed by atoms with Gasteiger partial charge in [-0.05, 0) is 56.0 Å². The zero-order chi connectivity index (χ0) is 23.8. The molecule has 2 atom stereocenters. The molecule has 2 unspecified atom stereocenters. The number of aliphatic hydroxyl groups excluding tert-OH is 1. The van der Waals surface area contributed by atoms with Gasteiger partial charge >= 0.3 is 0 Å². The Morgan fingerprint density at radius 2 is 1.14 bits per heavy atom. The molecule has 0 amide bonds. The van der Waals surface area contributed by atoms with Gasteiger partial charge in [0.1, 0.15) is 5.76 Å². The van der Waals surface area contributed by atoms with Gasteiger partial charge in [-0.2, -0.15) is 0 Å². The molecule has 1 N–H and O–H groups in total. The normalized spacial score (nSPS) is 18.8. The lowest BCUT2D eigenvalue weighted by Crippen LogP contribution is -2.00. The summed E-state index contributed by atoms with van der Waals surface area (Å²) in [7, 11) is 0. The van der Waals surface area contributed by atoms with E-state index in [2.05, 4.69) is 97.1 Å². The Morgan fingerprint density at radius 3 is 1.69 bits per heavy atom. The first kappa shape index (κ1) is 21.1. The molecule has 0 spiro atoms. The maximum Gasteiger partial charge on any atom is 0.182 e. The van der Waals surface area contributed by atoms with Crippen molar-refractivity contribution in [3.63, 3.8) is 0 Å². The fourth-order valence-corrected chi connectivity index (χ4v) is 5.23. The number of hydrogen-bond acceptors (Lipinski definition) is 2. The van der Waals surface area contributed by atoms with Gasteiger partial charge in [0.05, 0.1) is 0 Å². The molecule has 2 nitrogen and oxygen atoms in total. The number of aliphatic hydroxyl groups is 1. The molecule has 35 heavy (non-hydrogen) atoms. The van der Waals surface area contributed by atoms with Crippen LogP contribution >= 0.6 is 0 Å². The molecule has 0 aromatic heterocycles. The van der Waals surface area contributed by atoms with Gasteiger partial charge in [0.15, 0.2) is 5.78 Å². The maximum atomic E-state index is 12.6. The van der Waals surface area contributed by atoms with Crippen LogP contribution in [0, 0.1) is 0 Å². The van der Waals surface area contributed by atoms with Crippen LogP contribution in [0.1, 0.15) is 34.1 Å². The molecule has 0 saturated heterocycles. The number of rotatable bonds is 5. The zero-order valence-electron chi connectivity index (χ0n) is 19.1. The Hall–Kier alpha value is -4.43. The summed E-state index contributed by atoms with van der Waals surface area (Å²) in [4.78, 5) is 12.6. The second kappa shape index (κ2) is 8.73. The quantitative estimate of drug-likeness (QED) is 0.189. The SMILES string of the molecule is O=C(/C=C(O)/C=C/C1C=Cc2cccc3cccc1c23)/C=C/C1C=Cc2cccc3cccc1c23. The summed E-state index contributed by atoms with van der Waals surface area (Å²) in [6, 6.07) is 25.2. The lowest BCUT2D eigenvalue weighted by molar-refractivity contribution is -0.110. The highest BCUT2D eigenvalue weighted by Crippen LogP contribution is 2.36. The predicted molar refractivity (Wildman–Crippen MR) is 145 cm³/mol. The maximum absolute atomic E-state index is 12.6. The fraction of sp³-hybridized carbons (Fsp3) is 0.0606. The monoisotopic (exact) mass is 452 g/mol. The number of ketones is 1. The highest BCUT2D eigenvalue weighted by atomic mass is 16.3. The van der Waals surface area contributed by atoms with E-state index in [1.54, 1.807) is 12.2 Å². The van der Waals surface area contributed by atoms with Gasteiger partial charge in [-0.25, -0.2) is 0 Å². The van der Waals surface area contributed by atoms with Crippen molar-refractivity contribution < 1.29 is 9.90 Å². The summed E-state index contributed by atoms with van der Waals surface area (Å²) < 4.78 is 0. The highest BCUT2D eigenvalue weighted by Gasteiger charge is 2.16. The first-order valence-electron chi connectivity index (χ1n) is 11.9. The summed E-state index contributed by atoms with van der Waals surface area (Å²) in [5.74, 6) is -0.219. The molecule has 4 aromatic carbocycles. The first-order chi connectivity index (χ1) is 17.2. The van der Waals surface area contributed by atoms with Crippen LogP contribution in [0.5, 0.6) is 0 Å². The van der Waals surface area contributed by atoms with E-state index in [4.69, 9.17) is 0 Å². The Kier molecular flexibility index (Phi) is 5.27. The van der Waals surface area contributed by atoms with Gasteiger partial charge in [0.25, 0.3) is 0 Å². The zero-order valence-corrected chi connectivity index (χ0v) is 19.1. The van der Waals surface area contributed by atoms with Crippen LogP contribution in [-0.4, -0.2) is 10.9 Å². The second-order valence-corrected chi connectivity index (χ2v) is 9.04. The lowest BCUT2D eigenvalue weighted by Gasteiger charge is -2.18. The highest BCUT2D eigenvalue weighted by molar-refractivity contribution is 6.00. The van der Waals surface area contributed by atoms with Crippen molar-refractivity contribution >= 4 is 39.5 Å². The third kappa shape index (κ3) is 3.94. The second-order valence-electron chi connectivity index (χ2n) is 9.04. The van der Waals surface area contributed by atoms with Crippen LogP contribution in [0.4, 0.5) is 0 Å². The van der Waals surface area contributed by atoms with Crippen LogP contribution < -0.4 is 0 Å². The molecule has 2 heteroatoms. The van der Waals surface area contributed by atoms with Crippen molar-refractivity contribution in [3.05, 3.63) is 143 Å². The third-order valence-electron chi connectivity index (χ3n) is 6.86. The summed E-state index contributed by atoms with van der Waals surface area (Å²) in [6.07, 6.45) is 16.7. The van der Waals surface area contributed by atoms with Crippen LogP contribution in [0.15, 0.2) is 121 Å². The lowest BCUT2D eigenvalue weighted by atomic mass is 9.85. The smallest absolute Gasteiger partial charge is 0.182 e. The molecule has 0 bridgehead atoms. The molecule has 0 radical (unpaired) electrons. The van der Waals surface area contributed by atoms with Crippen molar-refractivity contribution in [2.45, 2.75) is 11.8 Å². The van der Waals surface area contributed by atoms with E-state index in [9.17, 15) is 9.90 Å². The van der Waals surface area contributed by atoms with Gasteiger partial charge in [-0.15, -0.1) is 0 Å². The minimum Gasteiger partial charge on any atom is -0.508 e. The molecule has 0 saturated carbocycles. The predicted octanol–water partition coefficient (Wildman–Crippen LogP) is 8.04. The molecule has 2 aliphatic rings. The summed E-state index contributed by atoms with van der Waals surface area (Å²) in [6.45, 7) is 0. The van der Waals surface area contributed by atoms with E-state index in [1.807, 2.05) is 12.2 Å². The van der Waals surface area contributed by atoms with Crippen molar-refractivity contribution in [3.8, 4) is 0 Å². The molecule has 0 fully saturated rings. The average molecular weight is 453 g/mol. The largest absolute Gasteiger partial charge is 0.508 e. The summed E-state index contributed by atoms with van der Waals surface area (Å²) >= 11 is 0. The van der Waals surface area contributed by atoms with E-state index in [0.29, 0.717) is 0 Å². The average Bonchev–Trinajstić information content (AvgIpc) is 2.88. The third-order valence-corrected chi connectivity index (χ3v) is 6.86. The van der Waals surface area contributed by atoms with Crippen LogP contribution in [-0.2, 0) is 4.79 Å². The van der Waals surface area contributed by atoms with Crippen LogP contribution in [0.3, 0.4) is 0 Å². The molecule has 2 aliphatic carbocycles. The standard InChI is InChI=1S/C33H24O2/c34-28(19-17-22-13-15-26-7-1-5-24-9-3-11-30(22)32(24)26)21-29(35)20-18-23-14-16-27-8-2-6-25-10-4-12-31(23)33(25)27/h1-23,34H/b19-17+,20-18+,28-21-. The molecule has 0 heterocycles. The molecule has 168 valence electrons. The Labute approximate surface area is 204 Å². The van der Waals surface area contributed by atoms with E-state index in [1.165, 1.54) is 49.9 Å². The number of benzene rings is 4. The minimum atomic E-state index is -0.238. The number of carbonyl (C=O) groups is 1. The van der Waals surface area contributed by atoms with E-state index < -0.39 is 0 Å². The van der Waals surface area contributed by atoms with Crippen molar-refractivity contribution in [2.24, 2.45) is 0 Å². The van der Waals surface area contributed by atoms with Crippen LogP contribution in [0.25, 0.3) is 33.7 Å². The van der Waals surface area contributed by atoms with Gasteiger partial charge < -0.3 is 5.11 Å². The Morgan fingerprint density at radius 1 is 0.657 bits per heavy atom. The minimum absolute atomic E-state index is 0.0246. The Bertz CT molecular complexity index is 1620. The molecular formula is C33H24O2. The molecular weight excluding hydrogens is 428 g/mol. The van der Waals surface area contributed by atoms with E-state index in [0.717, 1.165) is 0 Å². The number of carbonyl (C=O) groups excluding carboxylic acids is 1. The van der Waals surface area contributed by atoms with Crippen molar-refractivity contribution in [1.29, 1.82) is 0 Å². The Balaban J connectivity index is 1.19. The molecule has 6 rings (SSSR count). The number of hydrogen-bond donors (Lipinski definition) is 1. The van der Waals surface area contributed by atoms with Gasteiger partial charge in [0, 0.05) is 17.9 Å². The topological polar surface area (TPSA) is 37.3 Å². The van der Waals surface area contributed by atoms with Gasteiger partial charge in [0.2, 0.25) is 0 Å². The van der Waals surface area contributed by atoms with Crippen molar-refractivity contribution in [2.75, 3.05) is 0 Å². The fourth-order valence-electron chi connectivity index (χ4n) is 5.23. The van der Waals surface area contributed by atoms with Gasteiger partial charge in [-0.1, -0.05) is 109 Å². The summed E-state index contributed by atoms with van der Waals surface area (Å²) in [5, 5.41) is 15.3. The van der Waals surface area contributed by atoms with Crippen LogP contribution in [0.2, 0.25) is 0 Å². The van der Waals surface area contributed by atoms with E-state index in [-0.39, 0.29) is 23.4 Å². The van der Waals surface area contributed by atoms with Crippen molar-refractivity contribution in [1.82, 2.24) is 0 Å². The number of allylic oxidation sites excluding steroid dienone is 7. The first-order valence-corrected chi connectivity index (χ1v) is 11.9. The van der Waals surface area contributed by atoms with E-state index >= 15 is 0 Å². The molecule has 0 aliphatic heterocycles. The van der Waals surface area contributed by atoms with Gasteiger partial charge in [-0.3, -0.25) is 4.79 Å².